The van der Waals surface area contributed by atoms with Crippen LogP contribution in [0.4, 0.5) is 0 Å². The van der Waals surface area contributed by atoms with Crippen molar-refractivity contribution in [1.29, 1.82) is 0 Å². The van der Waals surface area contributed by atoms with Crippen LogP contribution in [0.15, 0.2) is 59.5 Å². The van der Waals surface area contributed by atoms with Crippen LogP contribution >= 0.6 is 11.6 Å². The van der Waals surface area contributed by atoms with Gasteiger partial charge in [0.25, 0.3) is 0 Å². The minimum Gasteiger partial charge on any atom is -0.338 e. The number of hydrogen-bond acceptors (Lipinski definition) is 2. The molecule has 0 N–H and O–H groups in total. The number of hydrogen-bond donors (Lipinski definition) is 0. The van der Waals surface area contributed by atoms with Gasteiger partial charge in [0.05, 0.1) is 16.8 Å². The molecule has 0 bridgehead atoms. The predicted octanol–water partition coefficient (Wildman–Crippen LogP) is 3.67. The number of nitrogens with zero attached hydrogens (tertiary/aromatic N) is 1. The normalized spacial score (nSPS) is 13.4. The van der Waals surface area contributed by atoms with E-state index in [9.17, 15) is 9.00 Å². The molecule has 0 aliphatic rings. The topological polar surface area (TPSA) is 37.4 Å². The lowest BCUT2D eigenvalue weighted by molar-refractivity contribution is -0.129. The van der Waals surface area contributed by atoms with Crippen molar-refractivity contribution >= 4 is 28.3 Å². The summed E-state index contributed by atoms with van der Waals surface area (Å²) in [5, 5.41) is 0.662. The fourth-order valence-electron chi connectivity index (χ4n) is 2.05. The van der Waals surface area contributed by atoms with E-state index in [1.165, 1.54) is 0 Å². The number of halogens is 1. The Morgan fingerprint density at radius 2 is 1.73 bits per heavy atom. The van der Waals surface area contributed by atoms with E-state index in [1.807, 2.05) is 37.3 Å². The van der Waals surface area contributed by atoms with E-state index >= 15 is 0 Å². The quantitative estimate of drug-likeness (QED) is 0.836. The molecule has 116 valence electrons. The zero-order valence-corrected chi connectivity index (χ0v) is 14.1. The Labute approximate surface area is 138 Å². The molecule has 0 aromatic heterocycles. The molecule has 2 atom stereocenters. The van der Waals surface area contributed by atoms with Crippen LogP contribution in [-0.4, -0.2) is 27.8 Å². The molecule has 0 saturated carbocycles. The molecule has 3 nitrogen and oxygen atoms in total. The van der Waals surface area contributed by atoms with Gasteiger partial charge in [0.2, 0.25) is 5.91 Å². The number of benzene rings is 2. The van der Waals surface area contributed by atoms with E-state index in [1.54, 1.807) is 36.2 Å². The zero-order chi connectivity index (χ0) is 16.1. The highest BCUT2D eigenvalue weighted by molar-refractivity contribution is 7.85. The second-order valence-corrected chi connectivity index (χ2v) is 6.92. The molecular formula is C17H18ClNO2S. The van der Waals surface area contributed by atoms with Gasteiger partial charge in [-0.15, -0.1) is 0 Å². The summed E-state index contributed by atoms with van der Waals surface area (Å²) in [6.45, 7) is 1.94. The van der Waals surface area contributed by atoms with Gasteiger partial charge >= 0.3 is 0 Å². The monoisotopic (exact) mass is 335 g/mol. The van der Waals surface area contributed by atoms with E-state index in [0.29, 0.717) is 9.92 Å². The molecule has 1 amide bonds. The Bertz CT molecular complexity index is 658. The van der Waals surface area contributed by atoms with E-state index in [2.05, 4.69) is 0 Å². The predicted molar refractivity (Wildman–Crippen MR) is 90.4 cm³/mol. The first-order valence-electron chi connectivity index (χ1n) is 6.93. The van der Waals surface area contributed by atoms with Crippen LogP contribution in [0.1, 0.15) is 18.5 Å². The average Bonchev–Trinajstić information content (AvgIpc) is 2.55. The molecule has 0 radical (unpaired) electrons. The number of carbonyl (C=O) groups is 1. The molecule has 2 aromatic carbocycles. The largest absolute Gasteiger partial charge is 0.338 e. The summed E-state index contributed by atoms with van der Waals surface area (Å²) < 4.78 is 12.2. The third-order valence-electron chi connectivity index (χ3n) is 3.59. The third-order valence-corrected chi connectivity index (χ3v) is 5.15. The number of amides is 1. The lowest BCUT2D eigenvalue weighted by atomic mass is 10.1. The second kappa shape index (κ2) is 7.56. The summed E-state index contributed by atoms with van der Waals surface area (Å²) in [6.07, 6.45) is 0. The fraction of sp³-hybridized carbons (Fsp3) is 0.235. The zero-order valence-electron chi connectivity index (χ0n) is 12.5. The van der Waals surface area contributed by atoms with Gasteiger partial charge in [0.1, 0.15) is 5.75 Å². The van der Waals surface area contributed by atoms with Crippen molar-refractivity contribution in [2.24, 2.45) is 0 Å². The van der Waals surface area contributed by atoms with Crippen molar-refractivity contribution in [2.75, 3.05) is 12.8 Å². The Morgan fingerprint density at radius 1 is 1.14 bits per heavy atom. The van der Waals surface area contributed by atoms with Gasteiger partial charge in [-0.05, 0) is 36.8 Å². The summed E-state index contributed by atoms with van der Waals surface area (Å²) in [4.78, 5) is 14.6. The molecule has 2 rings (SSSR count). The molecule has 5 heteroatoms. The van der Waals surface area contributed by atoms with Gasteiger partial charge in [-0.3, -0.25) is 9.00 Å². The SMILES string of the molecule is C[C@H](c1ccc(Cl)cc1)N(C)C(=O)C[S@](=O)c1ccccc1. The van der Waals surface area contributed by atoms with Crippen LogP contribution in [0, 0.1) is 0 Å². The highest BCUT2D eigenvalue weighted by Gasteiger charge is 2.19. The summed E-state index contributed by atoms with van der Waals surface area (Å²) >= 11 is 5.87. The Balaban J connectivity index is 2.02. The van der Waals surface area contributed by atoms with Gasteiger partial charge in [-0.1, -0.05) is 41.9 Å². The van der Waals surface area contributed by atoms with Crippen molar-refractivity contribution < 1.29 is 9.00 Å². The third kappa shape index (κ3) is 4.18. The molecule has 0 spiro atoms. The fourth-order valence-corrected chi connectivity index (χ4v) is 3.23. The Kier molecular flexibility index (Phi) is 5.75. The van der Waals surface area contributed by atoms with Gasteiger partial charge in [-0.25, -0.2) is 0 Å². The van der Waals surface area contributed by atoms with Crippen molar-refractivity contribution in [3.63, 3.8) is 0 Å². The summed E-state index contributed by atoms with van der Waals surface area (Å²) in [7, 11) is 0.403. The van der Waals surface area contributed by atoms with Crippen LogP contribution in [0.3, 0.4) is 0 Å². The van der Waals surface area contributed by atoms with Gasteiger partial charge in [0.15, 0.2) is 0 Å². The van der Waals surface area contributed by atoms with Gasteiger partial charge < -0.3 is 4.90 Å². The summed E-state index contributed by atoms with van der Waals surface area (Å²) in [5.41, 5.74) is 0.991. The van der Waals surface area contributed by atoms with Gasteiger partial charge in [0, 0.05) is 17.0 Å². The maximum absolute atomic E-state index is 12.3. The van der Waals surface area contributed by atoms with Gasteiger partial charge in [-0.2, -0.15) is 0 Å². The first-order valence-corrected chi connectivity index (χ1v) is 8.63. The molecule has 0 heterocycles. The molecular weight excluding hydrogens is 318 g/mol. The van der Waals surface area contributed by atoms with Crippen molar-refractivity contribution in [3.05, 3.63) is 65.2 Å². The molecule has 0 saturated heterocycles. The van der Waals surface area contributed by atoms with Crippen LogP contribution in [0.25, 0.3) is 0 Å². The number of rotatable bonds is 5. The minimum absolute atomic E-state index is 0.0154. The first kappa shape index (κ1) is 16.7. The Morgan fingerprint density at radius 3 is 2.32 bits per heavy atom. The smallest absolute Gasteiger partial charge is 0.235 e. The standard InChI is InChI=1S/C17H18ClNO2S/c1-13(14-8-10-15(18)11-9-14)19(2)17(20)12-22(21)16-6-4-3-5-7-16/h3-11,13H,12H2,1-2H3/t13-,22+/m1/s1. The molecule has 0 fully saturated rings. The van der Waals surface area contributed by atoms with Crippen LogP contribution in [0.2, 0.25) is 5.02 Å². The van der Waals surface area contributed by atoms with Crippen LogP contribution < -0.4 is 0 Å². The van der Waals surface area contributed by atoms with Crippen LogP contribution in [0.5, 0.6) is 0 Å². The lowest BCUT2D eigenvalue weighted by Crippen LogP contribution is -2.33. The first-order chi connectivity index (χ1) is 10.5. The van der Waals surface area contributed by atoms with Crippen molar-refractivity contribution in [2.45, 2.75) is 17.9 Å². The maximum Gasteiger partial charge on any atom is 0.235 e. The van der Waals surface area contributed by atoms with E-state index in [4.69, 9.17) is 11.6 Å². The number of carbonyl (C=O) groups excluding carboxylic acids is 1. The molecule has 22 heavy (non-hydrogen) atoms. The molecule has 0 aliphatic heterocycles. The van der Waals surface area contributed by atoms with E-state index in [0.717, 1.165) is 5.56 Å². The highest BCUT2D eigenvalue weighted by Crippen LogP contribution is 2.21. The Hall–Kier alpha value is -1.65. The maximum atomic E-state index is 12.3. The molecule has 0 unspecified atom stereocenters. The van der Waals surface area contributed by atoms with Crippen molar-refractivity contribution in [1.82, 2.24) is 4.90 Å². The van der Waals surface area contributed by atoms with Crippen molar-refractivity contribution in [3.8, 4) is 0 Å². The van der Waals surface area contributed by atoms with E-state index < -0.39 is 10.8 Å². The molecule has 0 aliphatic carbocycles. The minimum atomic E-state index is -1.32. The average molecular weight is 336 g/mol. The lowest BCUT2D eigenvalue weighted by Gasteiger charge is -2.25. The second-order valence-electron chi connectivity index (χ2n) is 5.04. The molecule has 2 aromatic rings. The summed E-state index contributed by atoms with van der Waals surface area (Å²) in [6, 6.07) is 16.3. The highest BCUT2D eigenvalue weighted by atomic mass is 35.5. The summed E-state index contributed by atoms with van der Waals surface area (Å²) in [5.74, 6) is -0.164. The van der Waals surface area contributed by atoms with E-state index in [-0.39, 0.29) is 17.7 Å². The van der Waals surface area contributed by atoms with Crippen LogP contribution in [-0.2, 0) is 15.6 Å².